The van der Waals surface area contributed by atoms with E-state index in [0.717, 1.165) is 11.4 Å². The average molecular weight is 347 g/mol. The monoisotopic (exact) mass is 346 g/mol. The van der Waals surface area contributed by atoms with Crippen LogP contribution in [0.15, 0.2) is 61.2 Å². The second-order valence-electron chi connectivity index (χ2n) is 4.54. The van der Waals surface area contributed by atoms with Crippen molar-refractivity contribution in [3.63, 3.8) is 0 Å². The molecule has 0 radical (unpaired) electrons. The highest BCUT2D eigenvalue weighted by atomic mass is 35.5. The fourth-order valence-corrected chi connectivity index (χ4v) is 2.16. The first-order chi connectivity index (χ1) is 11.1. The molecule has 118 valence electrons. The Balaban J connectivity index is 1.91. The maximum absolute atomic E-state index is 12.0. The third kappa shape index (κ3) is 5.39. The van der Waals surface area contributed by atoms with Gasteiger partial charge in [-0.1, -0.05) is 30.3 Å². The predicted molar refractivity (Wildman–Crippen MR) is 97.3 cm³/mol. The molecule has 0 saturated carbocycles. The lowest BCUT2D eigenvalue weighted by Gasteiger charge is -2.10. The summed E-state index contributed by atoms with van der Waals surface area (Å²) in [7, 11) is 0. The maximum atomic E-state index is 12.0. The first kappa shape index (κ1) is 17.0. The van der Waals surface area contributed by atoms with Gasteiger partial charge in [-0.2, -0.15) is 0 Å². The van der Waals surface area contributed by atoms with Crippen LogP contribution in [0.3, 0.4) is 0 Å². The van der Waals surface area contributed by atoms with E-state index in [2.05, 4.69) is 17.2 Å². The third-order valence-corrected chi connectivity index (χ3v) is 3.23. The Morgan fingerprint density at radius 3 is 2.65 bits per heavy atom. The molecular formula is C17H15ClN2O2S. The van der Waals surface area contributed by atoms with Crippen LogP contribution in [0.25, 0.3) is 0 Å². The van der Waals surface area contributed by atoms with Crippen LogP contribution >= 0.6 is 23.8 Å². The molecule has 2 N–H and O–H groups in total. The van der Waals surface area contributed by atoms with E-state index in [1.807, 2.05) is 0 Å². The second kappa shape index (κ2) is 8.31. The molecule has 4 nitrogen and oxygen atoms in total. The molecule has 0 fully saturated rings. The zero-order chi connectivity index (χ0) is 16.7. The van der Waals surface area contributed by atoms with E-state index in [1.165, 1.54) is 0 Å². The molecule has 0 atom stereocenters. The molecule has 2 aromatic rings. The Morgan fingerprint density at radius 1 is 1.26 bits per heavy atom. The largest absolute Gasteiger partial charge is 0.490 e. The maximum Gasteiger partial charge on any atom is 0.257 e. The van der Waals surface area contributed by atoms with Gasteiger partial charge in [0, 0.05) is 16.3 Å². The minimum absolute atomic E-state index is 0.203. The van der Waals surface area contributed by atoms with Crippen LogP contribution in [0.2, 0.25) is 5.02 Å². The Bertz CT molecular complexity index is 717. The van der Waals surface area contributed by atoms with Gasteiger partial charge in [0.2, 0.25) is 0 Å². The molecule has 0 unspecified atom stereocenters. The van der Waals surface area contributed by atoms with Gasteiger partial charge in [0.25, 0.3) is 5.91 Å². The van der Waals surface area contributed by atoms with Gasteiger partial charge < -0.3 is 10.1 Å². The van der Waals surface area contributed by atoms with E-state index >= 15 is 0 Å². The lowest BCUT2D eigenvalue weighted by molar-refractivity contribution is 0.0977. The van der Waals surface area contributed by atoms with Crippen molar-refractivity contribution in [2.24, 2.45) is 0 Å². The van der Waals surface area contributed by atoms with Gasteiger partial charge in [-0.05, 0) is 54.7 Å². The molecule has 6 heteroatoms. The van der Waals surface area contributed by atoms with Crippen LogP contribution in [0, 0.1) is 0 Å². The van der Waals surface area contributed by atoms with Crippen molar-refractivity contribution < 1.29 is 9.53 Å². The summed E-state index contributed by atoms with van der Waals surface area (Å²) in [6.07, 6.45) is 1.67. The zero-order valence-corrected chi connectivity index (χ0v) is 13.8. The lowest BCUT2D eigenvalue weighted by atomic mass is 10.2. The molecule has 0 aliphatic carbocycles. The van der Waals surface area contributed by atoms with E-state index in [4.69, 9.17) is 28.6 Å². The summed E-state index contributed by atoms with van der Waals surface area (Å²) in [4.78, 5) is 12.0. The molecule has 0 saturated heterocycles. The third-order valence-electron chi connectivity index (χ3n) is 2.79. The normalized spacial score (nSPS) is 9.78. The summed E-state index contributed by atoms with van der Waals surface area (Å²) in [6.45, 7) is 4.03. The van der Waals surface area contributed by atoms with Gasteiger partial charge in [-0.25, -0.2) is 0 Å². The second-order valence-corrected chi connectivity index (χ2v) is 5.39. The van der Waals surface area contributed by atoms with Crippen molar-refractivity contribution in [3.05, 3.63) is 71.8 Å². The Kier molecular flexibility index (Phi) is 6.14. The van der Waals surface area contributed by atoms with Gasteiger partial charge in [0.1, 0.15) is 12.4 Å². The van der Waals surface area contributed by atoms with Gasteiger partial charge in [0.05, 0.1) is 0 Å². The minimum atomic E-state index is -0.323. The highest BCUT2D eigenvalue weighted by Gasteiger charge is 2.08. The highest BCUT2D eigenvalue weighted by Crippen LogP contribution is 2.16. The molecule has 0 heterocycles. The molecular weight excluding hydrogens is 332 g/mol. The molecule has 2 rings (SSSR count). The molecule has 0 spiro atoms. The van der Waals surface area contributed by atoms with Crippen LogP contribution in [0.4, 0.5) is 5.69 Å². The summed E-state index contributed by atoms with van der Waals surface area (Å²) in [5, 5.41) is 6.23. The van der Waals surface area contributed by atoms with Crippen molar-refractivity contribution in [2.45, 2.75) is 0 Å². The number of rotatable bonds is 5. The number of hydrogen-bond donors (Lipinski definition) is 2. The number of hydrogen-bond acceptors (Lipinski definition) is 3. The summed E-state index contributed by atoms with van der Waals surface area (Å²) in [5.74, 6) is 0.403. The first-order valence-corrected chi connectivity index (χ1v) is 7.59. The molecule has 0 aliphatic heterocycles. The summed E-state index contributed by atoms with van der Waals surface area (Å²) < 4.78 is 5.39. The highest BCUT2D eigenvalue weighted by molar-refractivity contribution is 7.80. The lowest BCUT2D eigenvalue weighted by Crippen LogP contribution is -2.34. The fourth-order valence-electron chi connectivity index (χ4n) is 1.76. The standard InChI is InChI=1S/C17H15ClN2O2S/c1-2-10-22-15-8-6-14(7-9-15)19-17(23)20-16(21)12-4-3-5-13(18)11-12/h2-9,11H,1,10H2,(H2,19,20,21,23). The van der Waals surface area contributed by atoms with E-state index in [1.54, 1.807) is 54.6 Å². The number of carbonyl (C=O) groups is 1. The molecule has 23 heavy (non-hydrogen) atoms. The van der Waals surface area contributed by atoms with Crippen LogP contribution in [0.1, 0.15) is 10.4 Å². The van der Waals surface area contributed by atoms with E-state index in [0.29, 0.717) is 17.2 Å². The Hall–Kier alpha value is -2.37. The van der Waals surface area contributed by atoms with E-state index in [9.17, 15) is 4.79 Å². The molecule has 0 aliphatic rings. The smallest absolute Gasteiger partial charge is 0.257 e. The topological polar surface area (TPSA) is 50.4 Å². The van der Waals surface area contributed by atoms with Crippen LogP contribution in [-0.2, 0) is 0 Å². The number of anilines is 1. The predicted octanol–water partition coefficient (Wildman–Crippen LogP) is 4.03. The van der Waals surface area contributed by atoms with E-state index in [-0.39, 0.29) is 11.0 Å². The summed E-state index contributed by atoms with van der Waals surface area (Å²) in [6, 6.07) is 13.8. The Labute approximate surface area is 145 Å². The number of halogens is 1. The number of thiocarbonyl (C=S) groups is 1. The SMILES string of the molecule is C=CCOc1ccc(NC(=S)NC(=O)c2cccc(Cl)c2)cc1. The van der Waals surface area contributed by atoms with Crippen molar-refractivity contribution in [1.82, 2.24) is 5.32 Å². The van der Waals surface area contributed by atoms with Crippen LogP contribution in [-0.4, -0.2) is 17.6 Å². The first-order valence-electron chi connectivity index (χ1n) is 6.80. The van der Waals surface area contributed by atoms with E-state index < -0.39 is 0 Å². The van der Waals surface area contributed by atoms with Crippen molar-refractivity contribution in [1.29, 1.82) is 0 Å². The number of ether oxygens (including phenoxy) is 1. The molecule has 0 aromatic heterocycles. The van der Waals surface area contributed by atoms with Gasteiger partial charge in [-0.15, -0.1) is 0 Å². The molecule has 2 aromatic carbocycles. The van der Waals surface area contributed by atoms with Gasteiger partial charge in [0.15, 0.2) is 5.11 Å². The number of carbonyl (C=O) groups excluding carboxylic acids is 1. The number of amides is 1. The average Bonchev–Trinajstić information content (AvgIpc) is 2.54. The van der Waals surface area contributed by atoms with Gasteiger partial charge in [-0.3, -0.25) is 10.1 Å². The van der Waals surface area contributed by atoms with Crippen LogP contribution < -0.4 is 15.4 Å². The number of benzene rings is 2. The minimum Gasteiger partial charge on any atom is -0.490 e. The Morgan fingerprint density at radius 2 is 2.00 bits per heavy atom. The fraction of sp³-hybridized carbons (Fsp3) is 0.0588. The summed E-state index contributed by atoms with van der Waals surface area (Å²) in [5.41, 5.74) is 1.18. The van der Waals surface area contributed by atoms with Crippen molar-refractivity contribution >= 4 is 40.5 Å². The molecule has 0 bridgehead atoms. The van der Waals surface area contributed by atoms with Crippen molar-refractivity contribution in [3.8, 4) is 5.75 Å². The van der Waals surface area contributed by atoms with Gasteiger partial charge >= 0.3 is 0 Å². The summed E-state index contributed by atoms with van der Waals surface area (Å²) >= 11 is 11.0. The quantitative estimate of drug-likeness (QED) is 0.634. The van der Waals surface area contributed by atoms with Crippen LogP contribution in [0.5, 0.6) is 5.75 Å². The molecule has 1 amide bonds. The van der Waals surface area contributed by atoms with Crippen molar-refractivity contribution in [2.75, 3.05) is 11.9 Å². The number of nitrogens with one attached hydrogen (secondary N) is 2. The zero-order valence-electron chi connectivity index (χ0n) is 12.2.